The first kappa shape index (κ1) is 13.2. The van der Waals surface area contributed by atoms with Crippen LogP contribution in [0.4, 0.5) is 11.4 Å². The third-order valence-corrected chi connectivity index (χ3v) is 4.40. The van der Waals surface area contributed by atoms with Crippen molar-refractivity contribution in [2.24, 2.45) is 0 Å². The summed E-state index contributed by atoms with van der Waals surface area (Å²) in [6.45, 7) is 0. The topological polar surface area (TPSA) is 62.4 Å². The fourth-order valence-electron chi connectivity index (χ4n) is 3.23. The van der Waals surface area contributed by atoms with Gasteiger partial charge in [0.2, 0.25) is 0 Å². The van der Waals surface area contributed by atoms with Crippen LogP contribution in [0.5, 0.6) is 0 Å². The van der Waals surface area contributed by atoms with Gasteiger partial charge in [0.15, 0.2) is 0 Å². The maximum Gasteiger partial charge on any atom is 0.0743 e. The highest BCUT2D eigenvalue weighted by molar-refractivity contribution is 6.00. The molecule has 1 aromatic carbocycles. The molecule has 1 aromatic heterocycles. The molecule has 0 aliphatic heterocycles. The Kier molecular flexibility index (Phi) is 3.49. The average Bonchev–Trinajstić information content (AvgIpc) is 2.48. The molecule has 0 radical (unpaired) electrons. The van der Waals surface area contributed by atoms with E-state index in [-0.39, 0.29) is 12.1 Å². The number of rotatable bonds is 2. The van der Waals surface area contributed by atoms with E-state index >= 15 is 0 Å². The van der Waals surface area contributed by atoms with E-state index in [1.165, 1.54) is 6.42 Å². The quantitative estimate of drug-likeness (QED) is 0.824. The number of hydrogen-bond donors (Lipinski definition) is 2. The van der Waals surface area contributed by atoms with E-state index in [9.17, 15) is 5.11 Å². The summed E-state index contributed by atoms with van der Waals surface area (Å²) >= 11 is 0. The Morgan fingerprint density at radius 2 is 2.00 bits per heavy atom. The molecule has 3 rings (SSSR count). The first-order valence-corrected chi connectivity index (χ1v) is 7.21. The van der Waals surface area contributed by atoms with Crippen molar-refractivity contribution in [3.05, 3.63) is 30.6 Å². The van der Waals surface area contributed by atoms with Crippen LogP contribution >= 0.6 is 0 Å². The van der Waals surface area contributed by atoms with Crippen LogP contribution in [-0.2, 0) is 0 Å². The minimum Gasteiger partial charge on any atom is -0.398 e. The molecule has 20 heavy (non-hydrogen) atoms. The number of aliphatic hydroxyl groups excluding tert-OH is 1. The van der Waals surface area contributed by atoms with Crippen LogP contribution in [0.1, 0.15) is 25.7 Å². The van der Waals surface area contributed by atoms with Gasteiger partial charge in [-0.15, -0.1) is 0 Å². The number of hydrogen-bond acceptors (Lipinski definition) is 4. The van der Waals surface area contributed by atoms with Crippen molar-refractivity contribution in [1.29, 1.82) is 0 Å². The zero-order chi connectivity index (χ0) is 14.1. The number of nitrogens with two attached hydrogens (primary N) is 1. The normalized spacial score (nSPS) is 22.9. The Morgan fingerprint density at radius 3 is 2.80 bits per heavy atom. The van der Waals surface area contributed by atoms with Crippen LogP contribution in [0, 0.1) is 0 Å². The number of anilines is 2. The molecule has 2 atom stereocenters. The molecule has 1 heterocycles. The Hall–Kier alpha value is -1.81. The van der Waals surface area contributed by atoms with E-state index in [4.69, 9.17) is 5.73 Å². The molecule has 1 aliphatic carbocycles. The lowest BCUT2D eigenvalue weighted by atomic mass is 9.91. The lowest BCUT2D eigenvalue weighted by molar-refractivity contribution is 0.106. The van der Waals surface area contributed by atoms with Crippen molar-refractivity contribution in [2.45, 2.75) is 37.8 Å². The molecule has 0 saturated heterocycles. The predicted molar refractivity (Wildman–Crippen MR) is 82.8 cm³/mol. The van der Waals surface area contributed by atoms with Gasteiger partial charge < -0.3 is 15.7 Å². The monoisotopic (exact) mass is 271 g/mol. The van der Waals surface area contributed by atoms with Crippen molar-refractivity contribution >= 4 is 22.1 Å². The molecule has 2 unspecified atom stereocenters. The Balaban J connectivity index is 2.03. The molecule has 3 N–H and O–H groups in total. The lowest BCUT2D eigenvalue weighted by Gasteiger charge is -2.37. The zero-order valence-electron chi connectivity index (χ0n) is 11.8. The minimum atomic E-state index is -0.247. The average molecular weight is 271 g/mol. The summed E-state index contributed by atoms with van der Waals surface area (Å²) in [6.07, 6.45) is 7.58. The standard InChI is InChI=1S/C16H21N3O/c1-19(15-4-2-3-5-16(15)20)14-7-6-13(17)12-10-18-9-8-11(12)14/h6-10,15-16,20H,2-5,17H2,1H3. The van der Waals surface area contributed by atoms with Crippen LogP contribution in [0.3, 0.4) is 0 Å². The molecular weight excluding hydrogens is 250 g/mol. The van der Waals surface area contributed by atoms with Crippen molar-refractivity contribution in [1.82, 2.24) is 4.98 Å². The summed E-state index contributed by atoms with van der Waals surface area (Å²) in [5.41, 5.74) is 7.88. The number of pyridine rings is 1. The second-order valence-corrected chi connectivity index (χ2v) is 5.63. The number of nitrogen functional groups attached to an aromatic ring is 1. The largest absolute Gasteiger partial charge is 0.398 e. The summed E-state index contributed by atoms with van der Waals surface area (Å²) in [5.74, 6) is 0. The Bertz CT molecular complexity index is 614. The molecule has 1 fully saturated rings. The van der Waals surface area contributed by atoms with Crippen LogP contribution < -0.4 is 10.6 Å². The van der Waals surface area contributed by atoms with Gasteiger partial charge in [0.25, 0.3) is 0 Å². The van der Waals surface area contributed by atoms with Crippen molar-refractivity contribution in [3.8, 4) is 0 Å². The number of nitrogens with zero attached hydrogens (tertiary/aromatic N) is 2. The van der Waals surface area contributed by atoms with Crippen molar-refractivity contribution in [3.63, 3.8) is 0 Å². The SMILES string of the molecule is CN(c1ccc(N)c2cnccc12)C1CCCCC1O. The second kappa shape index (κ2) is 5.29. The van der Waals surface area contributed by atoms with Gasteiger partial charge in [-0.2, -0.15) is 0 Å². The van der Waals surface area contributed by atoms with Gasteiger partial charge in [0, 0.05) is 41.6 Å². The molecule has 0 spiro atoms. The van der Waals surface area contributed by atoms with Crippen LogP contribution in [0.2, 0.25) is 0 Å². The van der Waals surface area contributed by atoms with E-state index in [1.54, 1.807) is 12.4 Å². The second-order valence-electron chi connectivity index (χ2n) is 5.63. The maximum atomic E-state index is 10.2. The highest BCUT2D eigenvalue weighted by Gasteiger charge is 2.27. The van der Waals surface area contributed by atoms with E-state index < -0.39 is 0 Å². The van der Waals surface area contributed by atoms with Crippen LogP contribution in [0.15, 0.2) is 30.6 Å². The smallest absolute Gasteiger partial charge is 0.0743 e. The van der Waals surface area contributed by atoms with Gasteiger partial charge in [-0.1, -0.05) is 12.8 Å². The Morgan fingerprint density at radius 1 is 1.20 bits per heavy atom. The van der Waals surface area contributed by atoms with Gasteiger partial charge in [0.1, 0.15) is 0 Å². The molecule has 1 aliphatic rings. The van der Waals surface area contributed by atoms with E-state index in [0.29, 0.717) is 0 Å². The highest BCUT2D eigenvalue weighted by Crippen LogP contribution is 2.33. The number of likely N-dealkylation sites (N-methyl/N-ethyl adjacent to an activating group) is 1. The van der Waals surface area contributed by atoms with Crippen LogP contribution in [-0.4, -0.2) is 29.3 Å². The summed E-state index contributed by atoms with van der Waals surface area (Å²) in [6, 6.07) is 6.14. The number of aromatic nitrogens is 1. The van der Waals surface area contributed by atoms with Gasteiger partial charge in [-0.25, -0.2) is 0 Å². The van der Waals surface area contributed by atoms with Crippen molar-refractivity contribution < 1.29 is 5.11 Å². The molecular formula is C16H21N3O. The zero-order valence-corrected chi connectivity index (χ0v) is 11.8. The summed E-state index contributed by atoms with van der Waals surface area (Å²) in [7, 11) is 2.06. The summed E-state index contributed by atoms with van der Waals surface area (Å²) < 4.78 is 0. The highest BCUT2D eigenvalue weighted by atomic mass is 16.3. The minimum absolute atomic E-state index is 0.184. The third-order valence-electron chi connectivity index (χ3n) is 4.40. The van der Waals surface area contributed by atoms with Crippen LogP contribution in [0.25, 0.3) is 10.8 Å². The van der Waals surface area contributed by atoms with Gasteiger partial charge in [-0.05, 0) is 31.0 Å². The first-order chi connectivity index (χ1) is 9.68. The van der Waals surface area contributed by atoms with E-state index in [1.807, 2.05) is 18.2 Å². The van der Waals surface area contributed by atoms with Gasteiger partial charge in [-0.3, -0.25) is 4.98 Å². The number of benzene rings is 1. The Labute approximate surface area is 119 Å². The summed E-state index contributed by atoms with van der Waals surface area (Å²) in [4.78, 5) is 6.35. The number of fused-ring (bicyclic) bond motifs is 1. The molecule has 2 aromatic rings. The lowest BCUT2D eigenvalue weighted by Crippen LogP contribution is -2.43. The predicted octanol–water partition coefficient (Wildman–Crippen LogP) is 2.56. The van der Waals surface area contributed by atoms with E-state index in [2.05, 4.69) is 16.9 Å². The summed E-state index contributed by atoms with van der Waals surface area (Å²) in [5, 5.41) is 12.3. The molecule has 4 nitrogen and oxygen atoms in total. The molecule has 0 bridgehead atoms. The van der Waals surface area contributed by atoms with E-state index in [0.717, 1.165) is 41.4 Å². The molecule has 1 saturated carbocycles. The molecule has 0 amide bonds. The van der Waals surface area contributed by atoms with Crippen molar-refractivity contribution in [2.75, 3.05) is 17.7 Å². The number of aliphatic hydroxyl groups is 1. The molecule has 106 valence electrons. The first-order valence-electron chi connectivity index (χ1n) is 7.21. The van der Waals surface area contributed by atoms with Gasteiger partial charge in [0.05, 0.1) is 12.1 Å². The fraction of sp³-hybridized carbons (Fsp3) is 0.438. The molecule has 4 heteroatoms. The fourth-order valence-corrected chi connectivity index (χ4v) is 3.23. The maximum absolute atomic E-state index is 10.2. The van der Waals surface area contributed by atoms with Gasteiger partial charge >= 0.3 is 0 Å². The third kappa shape index (κ3) is 2.20.